The summed E-state index contributed by atoms with van der Waals surface area (Å²) in [6, 6.07) is 22.7. The van der Waals surface area contributed by atoms with Gasteiger partial charge in [0.1, 0.15) is 0 Å². The van der Waals surface area contributed by atoms with E-state index in [9.17, 15) is 4.79 Å². The van der Waals surface area contributed by atoms with Gasteiger partial charge in [-0.15, -0.1) is 10.2 Å². The lowest BCUT2D eigenvalue weighted by Crippen LogP contribution is -2.21. The number of aryl methyl sites for hydroxylation is 1. The number of hydrogen-bond acceptors (Lipinski definition) is 5. The van der Waals surface area contributed by atoms with Crippen molar-refractivity contribution in [1.29, 1.82) is 0 Å². The molecule has 34 heavy (non-hydrogen) atoms. The normalized spacial score (nSPS) is 11.5. The molecule has 3 aromatic carbocycles. The summed E-state index contributed by atoms with van der Waals surface area (Å²) in [4.78, 5) is 12.5. The lowest BCUT2D eigenvalue weighted by atomic mass is 10.1. The fourth-order valence-corrected chi connectivity index (χ4v) is 4.14. The number of nitrogens with one attached hydrogen (secondary N) is 1. The average molecular weight is 510 g/mol. The first kappa shape index (κ1) is 24.0. The summed E-state index contributed by atoms with van der Waals surface area (Å²) in [5.41, 5.74) is 7.09. The van der Waals surface area contributed by atoms with E-state index in [1.165, 1.54) is 11.8 Å². The third-order valence-electron chi connectivity index (χ3n) is 4.97. The van der Waals surface area contributed by atoms with Crippen molar-refractivity contribution in [3.63, 3.8) is 0 Å². The van der Waals surface area contributed by atoms with Gasteiger partial charge in [-0.25, -0.2) is 5.43 Å². The summed E-state index contributed by atoms with van der Waals surface area (Å²) in [6.45, 7) is 3.85. The molecule has 0 aliphatic rings. The first-order valence-electron chi connectivity index (χ1n) is 10.4. The van der Waals surface area contributed by atoms with Gasteiger partial charge in [-0.1, -0.05) is 76.9 Å². The summed E-state index contributed by atoms with van der Waals surface area (Å²) in [6.07, 6.45) is 0. The molecule has 0 fully saturated rings. The molecule has 0 atom stereocenters. The summed E-state index contributed by atoms with van der Waals surface area (Å²) < 4.78 is 1.92. The molecule has 4 rings (SSSR count). The Balaban J connectivity index is 1.52. The number of hydrogen-bond donors (Lipinski definition) is 1. The number of hydrazone groups is 1. The molecular weight excluding hydrogens is 489 g/mol. The summed E-state index contributed by atoms with van der Waals surface area (Å²) >= 11 is 13.3. The molecule has 0 aliphatic carbocycles. The van der Waals surface area contributed by atoms with Crippen LogP contribution in [-0.2, 0) is 4.79 Å². The number of rotatable bonds is 7. The maximum Gasteiger partial charge on any atom is 0.250 e. The monoisotopic (exact) mass is 509 g/mol. The van der Waals surface area contributed by atoms with Crippen molar-refractivity contribution >= 4 is 46.6 Å². The van der Waals surface area contributed by atoms with Crippen LogP contribution in [0.4, 0.5) is 0 Å². The standard InChI is InChI=1S/C25H21Cl2N5OS/c1-16-3-5-19(6-4-16)24-30-31-25(32(24)22-13-11-21(27)12-14-22)34-15-23(33)29-28-17(2)18-7-9-20(26)10-8-18/h3-14H,15H2,1-2H3,(H,29,33). The lowest BCUT2D eigenvalue weighted by Gasteiger charge is -2.10. The largest absolute Gasteiger partial charge is 0.272 e. The number of aromatic nitrogens is 3. The molecule has 0 saturated carbocycles. The molecule has 0 unspecified atom stereocenters. The molecule has 0 aliphatic heterocycles. The van der Waals surface area contributed by atoms with Crippen LogP contribution in [0.3, 0.4) is 0 Å². The summed E-state index contributed by atoms with van der Waals surface area (Å²) in [5, 5.41) is 14.8. The third kappa shape index (κ3) is 5.86. The second-order valence-electron chi connectivity index (χ2n) is 7.51. The van der Waals surface area contributed by atoms with Crippen molar-refractivity contribution in [1.82, 2.24) is 20.2 Å². The Bertz CT molecular complexity index is 1320. The van der Waals surface area contributed by atoms with Crippen LogP contribution in [0.5, 0.6) is 0 Å². The molecule has 4 aromatic rings. The van der Waals surface area contributed by atoms with Gasteiger partial charge in [0.15, 0.2) is 11.0 Å². The number of nitrogens with zero attached hydrogens (tertiary/aromatic N) is 4. The Morgan fingerprint density at radius 2 is 1.56 bits per heavy atom. The fourth-order valence-electron chi connectivity index (χ4n) is 3.14. The van der Waals surface area contributed by atoms with E-state index < -0.39 is 0 Å². The SMILES string of the molecule is CC(=NNC(=O)CSc1nnc(-c2ccc(C)cc2)n1-c1ccc(Cl)cc1)c1ccc(Cl)cc1. The van der Waals surface area contributed by atoms with Crippen molar-refractivity contribution < 1.29 is 4.79 Å². The Hall–Kier alpha value is -3.13. The minimum absolute atomic E-state index is 0.122. The molecular formula is C25H21Cl2N5OS. The molecule has 9 heteroatoms. The van der Waals surface area contributed by atoms with E-state index >= 15 is 0 Å². The van der Waals surface area contributed by atoms with E-state index in [1.54, 1.807) is 12.1 Å². The second-order valence-corrected chi connectivity index (χ2v) is 9.33. The zero-order valence-corrected chi connectivity index (χ0v) is 20.8. The number of carbonyl (C=O) groups excluding carboxylic acids is 1. The lowest BCUT2D eigenvalue weighted by molar-refractivity contribution is -0.118. The van der Waals surface area contributed by atoms with Gasteiger partial charge in [0.25, 0.3) is 5.91 Å². The molecule has 172 valence electrons. The molecule has 1 amide bonds. The number of benzene rings is 3. The minimum atomic E-state index is -0.249. The van der Waals surface area contributed by atoms with Crippen LogP contribution in [0.1, 0.15) is 18.1 Å². The van der Waals surface area contributed by atoms with Crippen molar-refractivity contribution in [2.24, 2.45) is 5.10 Å². The molecule has 1 aromatic heterocycles. The van der Waals surface area contributed by atoms with Gasteiger partial charge in [-0.2, -0.15) is 5.10 Å². The van der Waals surface area contributed by atoms with Gasteiger partial charge < -0.3 is 0 Å². The molecule has 0 bridgehead atoms. The van der Waals surface area contributed by atoms with Crippen LogP contribution < -0.4 is 5.43 Å². The van der Waals surface area contributed by atoms with Crippen molar-refractivity contribution in [2.75, 3.05) is 5.75 Å². The molecule has 0 saturated heterocycles. The topological polar surface area (TPSA) is 72.2 Å². The zero-order chi connectivity index (χ0) is 24.1. The second kappa shape index (κ2) is 10.9. The van der Waals surface area contributed by atoms with Gasteiger partial charge in [0, 0.05) is 21.3 Å². The Kier molecular flexibility index (Phi) is 7.67. The molecule has 1 heterocycles. The van der Waals surface area contributed by atoms with Gasteiger partial charge in [0.05, 0.1) is 11.5 Å². The van der Waals surface area contributed by atoms with E-state index in [0.29, 0.717) is 26.7 Å². The van der Waals surface area contributed by atoms with E-state index in [0.717, 1.165) is 22.4 Å². The summed E-state index contributed by atoms with van der Waals surface area (Å²) in [7, 11) is 0. The first-order chi connectivity index (χ1) is 16.4. The van der Waals surface area contributed by atoms with Gasteiger partial charge >= 0.3 is 0 Å². The van der Waals surface area contributed by atoms with E-state index in [4.69, 9.17) is 23.2 Å². The van der Waals surface area contributed by atoms with Crippen LogP contribution >= 0.6 is 35.0 Å². The smallest absolute Gasteiger partial charge is 0.250 e. The van der Waals surface area contributed by atoms with Crippen LogP contribution in [0, 0.1) is 6.92 Å². The fraction of sp³-hybridized carbons (Fsp3) is 0.120. The average Bonchev–Trinajstić information content (AvgIpc) is 3.26. The van der Waals surface area contributed by atoms with Crippen molar-refractivity contribution in [2.45, 2.75) is 19.0 Å². The number of carbonyl (C=O) groups is 1. The van der Waals surface area contributed by atoms with E-state index in [-0.39, 0.29) is 11.7 Å². The van der Waals surface area contributed by atoms with Gasteiger partial charge in [-0.3, -0.25) is 9.36 Å². The van der Waals surface area contributed by atoms with Crippen molar-refractivity contribution in [3.8, 4) is 17.1 Å². The number of halogens is 2. The Labute approximate surface area is 212 Å². The maximum atomic E-state index is 12.5. The van der Waals surface area contributed by atoms with Crippen molar-refractivity contribution in [3.05, 3.63) is 94.0 Å². The predicted octanol–water partition coefficient (Wildman–Crippen LogP) is 6.18. The predicted molar refractivity (Wildman–Crippen MR) is 139 cm³/mol. The highest BCUT2D eigenvalue weighted by Crippen LogP contribution is 2.28. The summed E-state index contributed by atoms with van der Waals surface area (Å²) in [5.74, 6) is 0.555. The highest BCUT2D eigenvalue weighted by Gasteiger charge is 2.17. The highest BCUT2D eigenvalue weighted by atomic mass is 35.5. The van der Waals surface area contributed by atoms with Gasteiger partial charge in [-0.05, 0) is 55.8 Å². The number of amides is 1. The quantitative estimate of drug-likeness (QED) is 0.183. The third-order valence-corrected chi connectivity index (χ3v) is 6.40. The molecule has 1 N–H and O–H groups in total. The first-order valence-corrected chi connectivity index (χ1v) is 12.1. The van der Waals surface area contributed by atoms with Crippen LogP contribution in [0.2, 0.25) is 10.0 Å². The van der Waals surface area contributed by atoms with Crippen LogP contribution in [0.25, 0.3) is 17.1 Å². The van der Waals surface area contributed by atoms with E-state index in [1.807, 2.05) is 79.1 Å². The highest BCUT2D eigenvalue weighted by molar-refractivity contribution is 7.99. The maximum absolute atomic E-state index is 12.5. The minimum Gasteiger partial charge on any atom is -0.272 e. The number of thioether (sulfide) groups is 1. The van der Waals surface area contributed by atoms with Crippen LogP contribution in [0.15, 0.2) is 83.1 Å². The molecule has 0 spiro atoms. The van der Waals surface area contributed by atoms with Crippen LogP contribution in [-0.4, -0.2) is 32.1 Å². The molecule has 6 nitrogen and oxygen atoms in total. The van der Waals surface area contributed by atoms with Gasteiger partial charge in [0.2, 0.25) is 0 Å². The van der Waals surface area contributed by atoms with E-state index in [2.05, 4.69) is 20.7 Å². The Morgan fingerprint density at radius 3 is 2.21 bits per heavy atom. The Morgan fingerprint density at radius 1 is 0.941 bits per heavy atom. The molecule has 0 radical (unpaired) electrons. The zero-order valence-electron chi connectivity index (χ0n) is 18.5.